The second-order valence-electron chi connectivity index (χ2n) is 7.80. The summed E-state index contributed by atoms with van der Waals surface area (Å²) in [5, 5.41) is 4.31. The molecule has 1 fully saturated rings. The number of hydrogen-bond acceptors (Lipinski definition) is 4. The van der Waals surface area contributed by atoms with E-state index in [0.717, 1.165) is 49.5 Å². The van der Waals surface area contributed by atoms with E-state index in [2.05, 4.69) is 24.2 Å². The van der Waals surface area contributed by atoms with Gasteiger partial charge < -0.3 is 14.4 Å². The molecule has 1 amide bonds. The molecule has 6 nitrogen and oxygen atoms in total. The van der Waals surface area contributed by atoms with Crippen LogP contribution in [0.2, 0.25) is 0 Å². The lowest BCUT2D eigenvalue weighted by molar-refractivity contribution is 0.0540. The van der Waals surface area contributed by atoms with E-state index < -0.39 is 0 Å². The monoisotopic (exact) mass is 355 g/mol. The number of aromatic nitrogens is 2. The summed E-state index contributed by atoms with van der Waals surface area (Å²) in [7, 11) is 1.83. The Morgan fingerprint density at radius 1 is 1.27 bits per heavy atom. The largest absolute Gasteiger partial charge is 0.454 e. The fourth-order valence-electron chi connectivity index (χ4n) is 4.15. The number of aryl methyl sites for hydroxylation is 2. The lowest BCUT2D eigenvalue weighted by Crippen LogP contribution is -2.46. The maximum Gasteiger partial charge on any atom is 0.272 e. The van der Waals surface area contributed by atoms with Crippen LogP contribution in [-0.2, 0) is 13.5 Å². The molecule has 0 saturated carbocycles. The third-order valence-electron chi connectivity index (χ3n) is 5.36. The topological polar surface area (TPSA) is 56.6 Å². The summed E-state index contributed by atoms with van der Waals surface area (Å²) < 4.78 is 12.6. The van der Waals surface area contributed by atoms with Crippen LogP contribution in [0, 0.1) is 12.3 Å². The van der Waals surface area contributed by atoms with Crippen molar-refractivity contribution in [3.63, 3.8) is 0 Å². The molecule has 1 aromatic heterocycles. The molecule has 2 aromatic rings. The molecule has 6 heteroatoms. The number of hydrogen-bond donors (Lipinski definition) is 0. The molecule has 0 N–H and O–H groups in total. The van der Waals surface area contributed by atoms with Crippen LogP contribution in [0.25, 0.3) is 0 Å². The molecular weight excluding hydrogens is 330 g/mol. The van der Waals surface area contributed by atoms with Crippen molar-refractivity contribution >= 4 is 5.91 Å². The lowest BCUT2D eigenvalue weighted by Gasteiger charge is -2.40. The van der Waals surface area contributed by atoms with Crippen LogP contribution >= 0.6 is 0 Å². The molecule has 2 aliphatic heterocycles. The summed E-state index contributed by atoms with van der Waals surface area (Å²) in [4.78, 5) is 14.9. The van der Waals surface area contributed by atoms with Crippen molar-refractivity contribution in [3.05, 3.63) is 41.2 Å². The summed E-state index contributed by atoms with van der Waals surface area (Å²) in [6.45, 7) is 6.04. The van der Waals surface area contributed by atoms with Crippen LogP contribution in [0.4, 0.5) is 0 Å². The number of benzene rings is 1. The molecule has 0 spiro atoms. The fraction of sp³-hybridized carbons (Fsp3) is 0.500. The van der Waals surface area contributed by atoms with Crippen molar-refractivity contribution < 1.29 is 14.3 Å². The Hall–Kier alpha value is -2.50. The van der Waals surface area contributed by atoms with Gasteiger partial charge in [0.25, 0.3) is 5.91 Å². The van der Waals surface area contributed by atoms with E-state index >= 15 is 0 Å². The van der Waals surface area contributed by atoms with Gasteiger partial charge in [-0.2, -0.15) is 5.10 Å². The first-order valence-corrected chi connectivity index (χ1v) is 9.12. The van der Waals surface area contributed by atoms with Gasteiger partial charge >= 0.3 is 0 Å². The Morgan fingerprint density at radius 2 is 2.08 bits per heavy atom. The number of carbonyl (C=O) groups is 1. The number of likely N-dealkylation sites (tertiary alicyclic amines) is 1. The Kier molecular flexibility index (Phi) is 4.13. The molecule has 2 aliphatic rings. The minimum atomic E-state index is 0.0508. The Balaban J connectivity index is 1.50. The van der Waals surface area contributed by atoms with Gasteiger partial charge in [-0.15, -0.1) is 0 Å². The molecule has 1 aromatic carbocycles. The van der Waals surface area contributed by atoms with Gasteiger partial charge in [0.2, 0.25) is 6.79 Å². The molecule has 0 bridgehead atoms. The van der Waals surface area contributed by atoms with Crippen LogP contribution in [-0.4, -0.2) is 40.5 Å². The highest BCUT2D eigenvalue weighted by Crippen LogP contribution is 2.37. The zero-order chi connectivity index (χ0) is 18.3. The number of rotatable bonds is 3. The molecule has 0 aliphatic carbocycles. The maximum atomic E-state index is 13.0. The Labute approximate surface area is 153 Å². The summed E-state index contributed by atoms with van der Waals surface area (Å²) in [5.41, 5.74) is 2.81. The van der Waals surface area contributed by atoms with E-state index in [1.54, 1.807) is 4.68 Å². The van der Waals surface area contributed by atoms with Crippen molar-refractivity contribution in [2.75, 3.05) is 19.9 Å². The predicted octanol–water partition coefficient (Wildman–Crippen LogP) is 2.94. The van der Waals surface area contributed by atoms with Crippen molar-refractivity contribution in [3.8, 4) is 11.5 Å². The third-order valence-corrected chi connectivity index (χ3v) is 5.36. The van der Waals surface area contributed by atoms with Crippen molar-refractivity contribution in [1.82, 2.24) is 14.7 Å². The fourth-order valence-corrected chi connectivity index (χ4v) is 4.15. The van der Waals surface area contributed by atoms with Crippen LogP contribution in [0.3, 0.4) is 0 Å². The number of amides is 1. The normalized spacial score (nSPS) is 21.9. The van der Waals surface area contributed by atoms with Gasteiger partial charge in [-0.3, -0.25) is 9.48 Å². The van der Waals surface area contributed by atoms with Crippen molar-refractivity contribution in [2.45, 2.75) is 33.1 Å². The standard InChI is InChI=1S/C20H25N3O3/c1-14-9-16(22(3)21-14)19(24)23-8-4-7-20(2,12-23)11-15-5-6-17-18(10-15)26-13-25-17/h5-6,9-10H,4,7-8,11-13H2,1-3H3/t20-/m0/s1. The molecule has 138 valence electrons. The number of nitrogens with zero attached hydrogens (tertiary/aromatic N) is 3. The van der Waals surface area contributed by atoms with Gasteiger partial charge in [0.1, 0.15) is 5.69 Å². The quantitative estimate of drug-likeness (QED) is 0.849. The van der Waals surface area contributed by atoms with Gasteiger partial charge in [-0.25, -0.2) is 0 Å². The maximum absolute atomic E-state index is 13.0. The van der Waals surface area contributed by atoms with Crippen molar-refractivity contribution in [1.29, 1.82) is 0 Å². The molecule has 1 atom stereocenters. The van der Waals surface area contributed by atoms with Gasteiger partial charge in [0.05, 0.1) is 5.69 Å². The zero-order valence-electron chi connectivity index (χ0n) is 15.6. The highest BCUT2D eigenvalue weighted by Gasteiger charge is 2.34. The minimum absolute atomic E-state index is 0.0508. The molecule has 0 radical (unpaired) electrons. The van der Waals surface area contributed by atoms with E-state index in [1.165, 1.54) is 5.56 Å². The first-order chi connectivity index (χ1) is 12.4. The highest BCUT2D eigenvalue weighted by atomic mass is 16.7. The average molecular weight is 355 g/mol. The number of ether oxygens (including phenoxy) is 2. The Morgan fingerprint density at radius 3 is 2.85 bits per heavy atom. The second kappa shape index (κ2) is 6.34. The number of piperidine rings is 1. The predicted molar refractivity (Wildman–Crippen MR) is 97.5 cm³/mol. The molecule has 1 saturated heterocycles. The highest BCUT2D eigenvalue weighted by molar-refractivity contribution is 5.92. The van der Waals surface area contributed by atoms with Crippen LogP contribution in [0.15, 0.2) is 24.3 Å². The molecule has 26 heavy (non-hydrogen) atoms. The third kappa shape index (κ3) is 3.16. The van der Waals surface area contributed by atoms with Crippen LogP contribution in [0.1, 0.15) is 41.5 Å². The number of fused-ring (bicyclic) bond motifs is 1. The van der Waals surface area contributed by atoms with Crippen LogP contribution < -0.4 is 9.47 Å². The van der Waals surface area contributed by atoms with E-state index in [-0.39, 0.29) is 11.3 Å². The SMILES string of the molecule is Cc1cc(C(=O)N2CCC[C@@](C)(Cc3ccc4c(c3)OCO4)C2)n(C)n1. The molecular formula is C20H25N3O3. The van der Waals surface area contributed by atoms with E-state index in [9.17, 15) is 4.79 Å². The zero-order valence-corrected chi connectivity index (χ0v) is 15.6. The van der Waals surface area contributed by atoms with Crippen LogP contribution in [0.5, 0.6) is 11.5 Å². The molecule has 3 heterocycles. The molecule has 0 unspecified atom stereocenters. The first-order valence-electron chi connectivity index (χ1n) is 9.12. The minimum Gasteiger partial charge on any atom is -0.454 e. The first kappa shape index (κ1) is 16.9. The summed E-state index contributed by atoms with van der Waals surface area (Å²) in [5.74, 6) is 1.70. The summed E-state index contributed by atoms with van der Waals surface area (Å²) >= 11 is 0. The van der Waals surface area contributed by atoms with E-state index in [4.69, 9.17) is 9.47 Å². The smallest absolute Gasteiger partial charge is 0.272 e. The number of carbonyl (C=O) groups excluding carboxylic acids is 1. The summed E-state index contributed by atoms with van der Waals surface area (Å²) in [6, 6.07) is 8.01. The van der Waals surface area contributed by atoms with E-state index in [0.29, 0.717) is 12.5 Å². The van der Waals surface area contributed by atoms with Gasteiger partial charge in [0.15, 0.2) is 11.5 Å². The van der Waals surface area contributed by atoms with Gasteiger partial charge in [-0.05, 0) is 55.4 Å². The average Bonchev–Trinajstić information content (AvgIpc) is 3.19. The molecule has 4 rings (SSSR count). The summed E-state index contributed by atoms with van der Waals surface area (Å²) in [6.07, 6.45) is 3.04. The Bertz CT molecular complexity index is 845. The van der Waals surface area contributed by atoms with E-state index in [1.807, 2.05) is 31.0 Å². The van der Waals surface area contributed by atoms with Gasteiger partial charge in [-0.1, -0.05) is 13.0 Å². The van der Waals surface area contributed by atoms with Gasteiger partial charge in [0, 0.05) is 20.1 Å². The van der Waals surface area contributed by atoms with Crippen molar-refractivity contribution in [2.24, 2.45) is 12.5 Å². The lowest BCUT2D eigenvalue weighted by atomic mass is 9.77. The second-order valence-corrected chi connectivity index (χ2v) is 7.80.